The smallest absolute Gasteiger partial charge is 0.220 e. The fourth-order valence-electron chi connectivity index (χ4n) is 12.7. The van der Waals surface area contributed by atoms with Gasteiger partial charge < -0.3 is 89.9 Å². The van der Waals surface area contributed by atoms with Gasteiger partial charge in [0.25, 0.3) is 0 Å². The van der Waals surface area contributed by atoms with E-state index in [0.717, 1.165) is 57.8 Å². The van der Waals surface area contributed by atoms with E-state index >= 15 is 0 Å². The van der Waals surface area contributed by atoms with Crippen LogP contribution in [0.5, 0.6) is 0 Å². The normalized spacial score (nSPS) is 27.6. The average Bonchev–Trinajstić information content (AvgIpc) is 0.787. The van der Waals surface area contributed by atoms with Gasteiger partial charge in [0.2, 0.25) is 5.91 Å². The number of amides is 1. The molecular formula is C75H137NO18. The second-order valence-corrected chi connectivity index (χ2v) is 27.1. The van der Waals surface area contributed by atoms with Gasteiger partial charge in [0.15, 0.2) is 18.9 Å². The molecule has 0 aromatic heterocycles. The monoisotopic (exact) mass is 1340 g/mol. The maximum Gasteiger partial charge on any atom is 0.220 e. The van der Waals surface area contributed by atoms with Crippen molar-refractivity contribution in [1.82, 2.24) is 5.32 Å². The second kappa shape index (κ2) is 56.5. The van der Waals surface area contributed by atoms with Crippen molar-refractivity contribution in [3.05, 3.63) is 48.6 Å². The van der Waals surface area contributed by atoms with Gasteiger partial charge in [0.1, 0.15) is 73.2 Å². The van der Waals surface area contributed by atoms with E-state index in [1.165, 1.54) is 199 Å². The fraction of sp³-hybridized carbons (Fsp3) is 0.880. The van der Waals surface area contributed by atoms with Crippen LogP contribution in [0.1, 0.15) is 290 Å². The number of aliphatic hydroxyl groups is 11. The molecule has 3 saturated heterocycles. The number of nitrogens with one attached hydrogen (secondary N) is 1. The van der Waals surface area contributed by atoms with E-state index < -0.39 is 124 Å². The molecule has 3 heterocycles. The Hall–Kier alpha value is -2.25. The summed E-state index contributed by atoms with van der Waals surface area (Å²) < 4.78 is 34.4. The number of allylic oxidation sites excluding steroid dienone is 7. The summed E-state index contributed by atoms with van der Waals surface area (Å²) >= 11 is 0. The van der Waals surface area contributed by atoms with Crippen molar-refractivity contribution in [1.29, 1.82) is 0 Å². The number of ether oxygens (including phenoxy) is 6. The van der Waals surface area contributed by atoms with Gasteiger partial charge in [-0.2, -0.15) is 0 Å². The van der Waals surface area contributed by atoms with Crippen LogP contribution in [-0.2, 0) is 33.2 Å². The van der Waals surface area contributed by atoms with E-state index in [0.29, 0.717) is 12.8 Å². The molecule has 550 valence electrons. The molecule has 19 nitrogen and oxygen atoms in total. The highest BCUT2D eigenvalue weighted by molar-refractivity contribution is 5.76. The minimum absolute atomic E-state index is 0.227. The van der Waals surface area contributed by atoms with Crippen LogP contribution in [0.15, 0.2) is 48.6 Å². The number of unbranched alkanes of at least 4 members (excludes halogenated alkanes) is 37. The summed E-state index contributed by atoms with van der Waals surface area (Å²) in [6.07, 6.45) is 42.5. The van der Waals surface area contributed by atoms with E-state index in [9.17, 15) is 61.0 Å². The van der Waals surface area contributed by atoms with Gasteiger partial charge in [-0.25, -0.2) is 0 Å². The van der Waals surface area contributed by atoms with E-state index in [-0.39, 0.29) is 18.9 Å². The van der Waals surface area contributed by atoms with E-state index in [4.69, 9.17) is 28.4 Å². The molecule has 12 N–H and O–H groups in total. The van der Waals surface area contributed by atoms with Crippen LogP contribution >= 0.6 is 0 Å². The van der Waals surface area contributed by atoms with E-state index in [1.54, 1.807) is 6.08 Å². The van der Waals surface area contributed by atoms with Gasteiger partial charge >= 0.3 is 0 Å². The Morgan fingerprint density at radius 2 is 0.681 bits per heavy atom. The fourth-order valence-corrected chi connectivity index (χ4v) is 12.7. The zero-order chi connectivity index (χ0) is 68.2. The molecule has 0 aromatic carbocycles. The van der Waals surface area contributed by atoms with Crippen molar-refractivity contribution in [3.8, 4) is 0 Å². The van der Waals surface area contributed by atoms with Crippen LogP contribution in [0.2, 0.25) is 0 Å². The Bertz CT molecular complexity index is 1890. The van der Waals surface area contributed by atoms with E-state index in [1.807, 2.05) is 6.08 Å². The molecular weight excluding hydrogens is 1200 g/mol. The predicted octanol–water partition coefficient (Wildman–Crippen LogP) is 11.3. The van der Waals surface area contributed by atoms with E-state index in [2.05, 4.69) is 55.6 Å². The number of carbonyl (C=O) groups is 1. The quantitative estimate of drug-likeness (QED) is 0.0199. The third kappa shape index (κ3) is 37.3. The van der Waals surface area contributed by atoms with Gasteiger partial charge in [-0.15, -0.1) is 0 Å². The highest BCUT2D eigenvalue weighted by Crippen LogP contribution is 2.33. The summed E-state index contributed by atoms with van der Waals surface area (Å²) in [5, 5.41) is 121. The summed E-state index contributed by atoms with van der Waals surface area (Å²) in [4.78, 5) is 13.4. The molecule has 0 radical (unpaired) electrons. The Morgan fingerprint density at radius 1 is 0.372 bits per heavy atom. The molecule has 0 bridgehead atoms. The first-order valence-electron chi connectivity index (χ1n) is 37.9. The lowest BCUT2D eigenvalue weighted by molar-refractivity contribution is -0.379. The molecule has 3 aliphatic rings. The highest BCUT2D eigenvalue weighted by Gasteiger charge is 2.53. The Balaban J connectivity index is 1.40. The van der Waals surface area contributed by atoms with Gasteiger partial charge in [-0.05, 0) is 70.6 Å². The van der Waals surface area contributed by atoms with Gasteiger partial charge in [-0.3, -0.25) is 4.79 Å². The molecule has 3 fully saturated rings. The standard InChI is InChI=1S/C75H137NO18/c1-3-5-7-9-11-13-15-17-19-21-22-23-24-25-26-27-28-29-30-31-32-33-34-35-37-38-40-42-44-46-48-50-52-59(80)58(76-63(81)53-51-49-47-45-43-41-39-36-20-18-16-14-12-10-8-6-4-2)57-89-73-69(87)66(84)71(61(55-78)91-73)94-75-70(88)67(85)72(62(56-79)92-75)93-74-68(86)65(83)64(82)60(54-77)90-74/h18,20,35,37,42,44,50,52,58-62,64-75,77-80,82-88H,3-17,19,21-34,36,38-41,43,45-49,51,53-57H2,1-2H3,(H,76,81)/b20-18-,37-35+,44-42+,52-50+. The molecule has 3 rings (SSSR count). The SMILES string of the molecule is CCCCCCCC/C=C\CCCCCCCCCC(=O)NC(COC1OC(CO)C(OC2OC(CO)C(OC3OC(CO)C(O)C(O)C3O)C(O)C2O)C(O)C1O)C(O)/C=C/CC/C=C/CC/C=C/CCCCCCCCCCCCCCCCCCCCCCCC. The summed E-state index contributed by atoms with van der Waals surface area (Å²) in [6.45, 7) is 1.72. The van der Waals surface area contributed by atoms with Crippen molar-refractivity contribution in [3.63, 3.8) is 0 Å². The molecule has 0 saturated carbocycles. The maximum absolute atomic E-state index is 13.4. The zero-order valence-corrected chi connectivity index (χ0v) is 58.4. The van der Waals surface area contributed by atoms with Crippen LogP contribution in [0.3, 0.4) is 0 Å². The Morgan fingerprint density at radius 3 is 1.06 bits per heavy atom. The second-order valence-electron chi connectivity index (χ2n) is 27.1. The number of hydrogen-bond acceptors (Lipinski definition) is 18. The molecule has 17 unspecified atom stereocenters. The van der Waals surface area contributed by atoms with Gasteiger partial charge in [0.05, 0.1) is 38.6 Å². The van der Waals surface area contributed by atoms with Crippen molar-refractivity contribution in [2.45, 2.75) is 394 Å². The maximum atomic E-state index is 13.4. The first-order chi connectivity index (χ1) is 45.8. The topological polar surface area (TPSA) is 307 Å². The summed E-state index contributed by atoms with van der Waals surface area (Å²) in [5.74, 6) is -0.293. The lowest BCUT2D eigenvalue weighted by Crippen LogP contribution is -2.66. The highest BCUT2D eigenvalue weighted by atomic mass is 16.8. The minimum Gasteiger partial charge on any atom is -0.394 e. The largest absolute Gasteiger partial charge is 0.394 e. The summed E-state index contributed by atoms with van der Waals surface area (Å²) in [5.41, 5.74) is 0. The molecule has 0 aliphatic carbocycles. The average molecular weight is 1340 g/mol. The third-order valence-electron chi connectivity index (χ3n) is 18.8. The Labute approximate surface area is 567 Å². The minimum atomic E-state index is -1.98. The Kier molecular flexibility index (Phi) is 51.7. The molecule has 1 amide bonds. The van der Waals surface area contributed by atoms with Crippen LogP contribution in [0, 0.1) is 0 Å². The summed E-state index contributed by atoms with van der Waals surface area (Å²) in [7, 11) is 0. The molecule has 3 aliphatic heterocycles. The number of hydrogen-bond donors (Lipinski definition) is 12. The van der Waals surface area contributed by atoms with Crippen molar-refractivity contribution in [2.75, 3.05) is 26.4 Å². The van der Waals surface area contributed by atoms with Crippen molar-refractivity contribution < 1.29 is 89.4 Å². The van der Waals surface area contributed by atoms with Crippen molar-refractivity contribution in [2.24, 2.45) is 0 Å². The van der Waals surface area contributed by atoms with Crippen LogP contribution in [0.4, 0.5) is 0 Å². The van der Waals surface area contributed by atoms with Gasteiger partial charge in [-0.1, -0.05) is 262 Å². The number of carbonyl (C=O) groups excluding carboxylic acids is 1. The van der Waals surface area contributed by atoms with Crippen molar-refractivity contribution >= 4 is 5.91 Å². The molecule has 0 spiro atoms. The first-order valence-corrected chi connectivity index (χ1v) is 37.9. The predicted molar refractivity (Wildman–Crippen MR) is 369 cm³/mol. The van der Waals surface area contributed by atoms with Gasteiger partial charge in [0, 0.05) is 6.42 Å². The first kappa shape index (κ1) is 86.0. The lowest BCUT2D eigenvalue weighted by atomic mass is 9.96. The zero-order valence-electron chi connectivity index (χ0n) is 58.4. The molecule has 17 atom stereocenters. The van der Waals surface area contributed by atoms with Crippen LogP contribution in [0.25, 0.3) is 0 Å². The molecule has 0 aromatic rings. The number of rotatable bonds is 59. The molecule has 19 heteroatoms. The summed E-state index contributed by atoms with van der Waals surface area (Å²) in [6, 6.07) is -1.00. The van der Waals surface area contributed by atoms with Crippen LogP contribution < -0.4 is 5.32 Å². The lowest BCUT2D eigenvalue weighted by Gasteiger charge is -2.48. The molecule has 94 heavy (non-hydrogen) atoms. The third-order valence-corrected chi connectivity index (χ3v) is 18.8. The van der Waals surface area contributed by atoms with Crippen LogP contribution in [-0.4, -0.2) is 193 Å². The number of aliphatic hydroxyl groups excluding tert-OH is 11.